The summed E-state index contributed by atoms with van der Waals surface area (Å²) in [4.78, 5) is 7.81. The lowest BCUT2D eigenvalue weighted by molar-refractivity contribution is 1.08. The summed E-state index contributed by atoms with van der Waals surface area (Å²) in [5, 5.41) is 3.47. The Hall–Kier alpha value is -1.81. The van der Waals surface area contributed by atoms with Crippen molar-refractivity contribution in [1.29, 1.82) is 0 Å². The Morgan fingerprint density at radius 2 is 1.94 bits per heavy atom. The van der Waals surface area contributed by atoms with Crippen molar-refractivity contribution >= 4 is 23.2 Å². The zero-order valence-electron chi connectivity index (χ0n) is 8.52. The van der Waals surface area contributed by atoms with Crippen LogP contribution >= 0.6 is 11.6 Å². The Labute approximate surface area is 98.5 Å². The SMILES string of the molecule is Nc1ncnc(NCc2ccccc2)c1Cl. The van der Waals surface area contributed by atoms with Crippen LogP contribution in [0.3, 0.4) is 0 Å². The van der Waals surface area contributed by atoms with Gasteiger partial charge in [-0.2, -0.15) is 0 Å². The van der Waals surface area contributed by atoms with E-state index in [1.807, 2.05) is 30.3 Å². The molecule has 1 aromatic heterocycles. The lowest BCUT2D eigenvalue weighted by Gasteiger charge is -2.07. The molecule has 0 unspecified atom stereocenters. The van der Waals surface area contributed by atoms with E-state index in [1.54, 1.807) is 0 Å². The van der Waals surface area contributed by atoms with Crippen LogP contribution in [0.1, 0.15) is 5.56 Å². The number of halogens is 1. The average molecular weight is 235 g/mol. The molecule has 5 heteroatoms. The van der Waals surface area contributed by atoms with Gasteiger partial charge in [0.05, 0.1) is 0 Å². The highest BCUT2D eigenvalue weighted by molar-refractivity contribution is 6.35. The Morgan fingerprint density at radius 1 is 1.19 bits per heavy atom. The second kappa shape index (κ2) is 4.81. The maximum absolute atomic E-state index is 5.95. The van der Waals surface area contributed by atoms with Gasteiger partial charge in [-0.05, 0) is 5.56 Å². The molecule has 16 heavy (non-hydrogen) atoms. The summed E-state index contributed by atoms with van der Waals surface area (Å²) < 4.78 is 0. The molecule has 82 valence electrons. The molecular formula is C11H11ClN4. The van der Waals surface area contributed by atoms with Gasteiger partial charge in [0.2, 0.25) is 0 Å². The molecule has 0 spiro atoms. The number of rotatable bonds is 3. The van der Waals surface area contributed by atoms with Crippen LogP contribution in [-0.2, 0) is 6.54 Å². The number of aromatic nitrogens is 2. The van der Waals surface area contributed by atoms with Crippen molar-refractivity contribution in [1.82, 2.24) is 9.97 Å². The molecule has 4 nitrogen and oxygen atoms in total. The van der Waals surface area contributed by atoms with Crippen LogP contribution in [0.25, 0.3) is 0 Å². The largest absolute Gasteiger partial charge is 0.382 e. The fourth-order valence-electron chi connectivity index (χ4n) is 1.29. The molecule has 0 aliphatic carbocycles. The third kappa shape index (κ3) is 2.41. The van der Waals surface area contributed by atoms with Crippen LogP contribution in [-0.4, -0.2) is 9.97 Å². The maximum Gasteiger partial charge on any atom is 0.150 e. The van der Waals surface area contributed by atoms with E-state index < -0.39 is 0 Å². The van der Waals surface area contributed by atoms with E-state index in [-0.39, 0.29) is 5.82 Å². The number of nitrogens with two attached hydrogens (primary N) is 1. The van der Waals surface area contributed by atoms with Crippen LogP contribution in [0.2, 0.25) is 5.02 Å². The fourth-order valence-corrected chi connectivity index (χ4v) is 1.45. The first-order valence-corrected chi connectivity index (χ1v) is 5.19. The number of nitrogens with zero attached hydrogens (tertiary/aromatic N) is 2. The molecule has 3 N–H and O–H groups in total. The first-order valence-electron chi connectivity index (χ1n) is 4.81. The first-order chi connectivity index (χ1) is 7.77. The van der Waals surface area contributed by atoms with Gasteiger partial charge in [-0.1, -0.05) is 41.9 Å². The van der Waals surface area contributed by atoms with Crippen molar-refractivity contribution in [2.45, 2.75) is 6.54 Å². The quantitative estimate of drug-likeness (QED) is 0.856. The van der Waals surface area contributed by atoms with E-state index in [2.05, 4.69) is 15.3 Å². The summed E-state index contributed by atoms with van der Waals surface area (Å²) in [6.45, 7) is 0.650. The molecule has 0 fully saturated rings. The van der Waals surface area contributed by atoms with Crippen LogP contribution in [0, 0.1) is 0 Å². The highest BCUT2D eigenvalue weighted by Crippen LogP contribution is 2.23. The number of anilines is 2. The van der Waals surface area contributed by atoms with E-state index in [0.717, 1.165) is 5.56 Å². The second-order valence-corrected chi connectivity index (χ2v) is 3.64. The van der Waals surface area contributed by atoms with Gasteiger partial charge >= 0.3 is 0 Å². The van der Waals surface area contributed by atoms with Gasteiger partial charge in [-0.15, -0.1) is 0 Å². The first kappa shape index (κ1) is 10.7. The summed E-state index contributed by atoms with van der Waals surface area (Å²) in [6.07, 6.45) is 1.38. The van der Waals surface area contributed by atoms with Gasteiger partial charge in [0.25, 0.3) is 0 Å². The summed E-state index contributed by atoms with van der Waals surface area (Å²) >= 11 is 5.95. The number of hydrogen-bond donors (Lipinski definition) is 2. The summed E-state index contributed by atoms with van der Waals surface area (Å²) in [5.41, 5.74) is 6.72. The fraction of sp³-hybridized carbons (Fsp3) is 0.0909. The molecule has 0 saturated heterocycles. The zero-order chi connectivity index (χ0) is 11.4. The molecular weight excluding hydrogens is 224 g/mol. The summed E-state index contributed by atoms with van der Waals surface area (Å²) in [6, 6.07) is 9.97. The minimum atomic E-state index is 0.284. The van der Waals surface area contributed by atoms with Crippen molar-refractivity contribution in [3.8, 4) is 0 Å². The normalized spacial score (nSPS) is 10.1. The van der Waals surface area contributed by atoms with E-state index in [1.165, 1.54) is 6.33 Å². The summed E-state index contributed by atoms with van der Waals surface area (Å²) in [5.74, 6) is 0.838. The van der Waals surface area contributed by atoms with Crippen molar-refractivity contribution < 1.29 is 0 Å². The van der Waals surface area contributed by atoms with Crippen LogP contribution in [0.4, 0.5) is 11.6 Å². The third-order valence-corrected chi connectivity index (χ3v) is 2.49. The molecule has 1 heterocycles. The smallest absolute Gasteiger partial charge is 0.150 e. The van der Waals surface area contributed by atoms with Gasteiger partial charge in [0, 0.05) is 6.54 Å². The molecule has 0 aliphatic heterocycles. The number of hydrogen-bond acceptors (Lipinski definition) is 4. The molecule has 2 rings (SSSR count). The van der Waals surface area contributed by atoms with Crippen molar-refractivity contribution in [2.75, 3.05) is 11.1 Å². The van der Waals surface area contributed by atoms with E-state index in [0.29, 0.717) is 17.4 Å². The Bertz CT molecular complexity index is 473. The third-order valence-electron chi connectivity index (χ3n) is 2.12. The van der Waals surface area contributed by atoms with Gasteiger partial charge < -0.3 is 11.1 Å². The monoisotopic (exact) mass is 234 g/mol. The van der Waals surface area contributed by atoms with E-state index in [9.17, 15) is 0 Å². The van der Waals surface area contributed by atoms with Gasteiger partial charge in [-0.25, -0.2) is 9.97 Å². The van der Waals surface area contributed by atoms with Crippen molar-refractivity contribution in [3.63, 3.8) is 0 Å². The molecule has 2 aromatic rings. The second-order valence-electron chi connectivity index (χ2n) is 3.26. The minimum absolute atomic E-state index is 0.284. The van der Waals surface area contributed by atoms with Gasteiger partial charge in [0.15, 0.2) is 5.82 Å². The van der Waals surface area contributed by atoms with Crippen LogP contribution < -0.4 is 11.1 Å². The lowest BCUT2D eigenvalue weighted by Crippen LogP contribution is -2.04. The molecule has 0 aliphatic rings. The Balaban J connectivity index is 2.08. The molecule has 1 aromatic carbocycles. The maximum atomic E-state index is 5.95. The minimum Gasteiger partial charge on any atom is -0.382 e. The molecule has 0 bridgehead atoms. The lowest BCUT2D eigenvalue weighted by atomic mass is 10.2. The zero-order valence-corrected chi connectivity index (χ0v) is 9.28. The van der Waals surface area contributed by atoms with E-state index in [4.69, 9.17) is 17.3 Å². The predicted octanol–water partition coefficient (Wildman–Crippen LogP) is 2.32. The standard InChI is InChI=1S/C11H11ClN4/c12-9-10(13)15-7-16-11(9)14-6-8-4-2-1-3-5-8/h1-5,7H,6H2,(H3,13,14,15,16). The topological polar surface area (TPSA) is 63.8 Å². The number of nitrogen functional groups attached to an aromatic ring is 1. The van der Waals surface area contributed by atoms with Gasteiger partial charge in [-0.3, -0.25) is 0 Å². The molecule has 0 saturated carbocycles. The highest BCUT2D eigenvalue weighted by atomic mass is 35.5. The van der Waals surface area contributed by atoms with Crippen molar-refractivity contribution in [3.05, 3.63) is 47.2 Å². The predicted molar refractivity (Wildman–Crippen MR) is 65.2 cm³/mol. The average Bonchev–Trinajstić information content (AvgIpc) is 2.32. The number of nitrogens with one attached hydrogen (secondary N) is 1. The molecule has 0 amide bonds. The van der Waals surface area contributed by atoms with E-state index >= 15 is 0 Å². The van der Waals surface area contributed by atoms with Crippen LogP contribution in [0.5, 0.6) is 0 Å². The summed E-state index contributed by atoms with van der Waals surface area (Å²) in [7, 11) is 0. The van der Waals surface area contributed by atoms with Crippen LogP contribution in [0.15, 0.2) is 36.7 Å². The molecule has 0 atom stereocenters. The number of benzene rings is 1. The van der Waals surface area contributed by atoms with Gasteiger partial charge in [0.1, 0.15) is 17.2 Å². The van der Waals surface area contributed by atoms with Crippen molar-refractivity contribution in [2.24, 2.45) is 0 Å². The Kier molecular flexibility index (Phi) is 3.22. The highest BCUT2D eigenvalue weighted by Gasteiger charge is 2.05. The Morgan fingerprint density at radius 3 is 2.69 bits per heavy atom. The molecule has 0 radical (unpaired) electrons.